The van der Waals surface area contributed by atoms with Crippen molar-refractivity contribution in [3.05, 3.63) is 11.8 Å². The van der Waals surface area contributed by atoms with Crippen LogP contribution in [0.2, 0.25) is 0 Å². The molecule has 0 aliphatic carbocycles. The van der Waals surface area contributed by atoms with E-state index in [-0.39, 0.29) is 12.3 Å². The highest BCUT2D eigenvalue weighted by molar-refractivity contribution is 7.44. The maximum absolute atomic E-state index is 10.7. The van der Waals surface area contributed by atoms with Crippen LogP contribution in [0.5, 0.6) is 0 Å². The molecule has 5 heteroatoms. The lowest BCUT2D eigenvalue weighted by atomic mass is 10.4. The van der Waals surface area contributed by atoms with Gasteiger partial charge in [0, 0.05) is 12.6 Å². The van der Waals surface area contributed by atoms with Crippen LogP contribution in [0.3, 0.4) is 0 Å². The van der Waals surface area contributed by atoms with E-state index in [2.05, 4.69) is 5.32 Å². The first kappa shape index (κ1) is 11.3. The molecule has 1 atom stereocenters. The van der Waals surface area contributed by atoms with Crippen LogP contribution in [0.25, 0.3) is 0 Å². The highest BCUT2D eigenvalue weighted by Crippen LogP contribution is 2.17. The lowest BCUT2D eigenvalue weighted by Crippen LogP contribution is -2.17. The molecule has 1 unspecified atom stereocenters. The van der Waals surface area contributed by atoms with Crippen molar-refractivity contribution < 1.29 is 14.5 Å². The Hall–Kier alpha value is -0.730. The minimum atomic E-state index is -1.56. The number of amides is 1. The van der Waals surface area contributed by atoms with Gasteiger partial charge >= 0.3 is 7.80 Å². The molecule has 0 aliphatic rings. The van der Waals surface area contributed by atoms with Crippen LogP contribution in [0.4, 0.5) is 0 Å². The van der Waals surface area contributed by atoms with Crippen molar-refractivity contribution in [2.45, 2.75) is 13.8 Å². The number of allylic oxidation sites excluding steroid dienone is 2. The SMILES string of the molecule is CC(=O)NC(C)=CC[P+](=O)CO. The number of hydrogen-bond acceptors (Lipinski definition) is 3. The smallest absolute Gasteiger partial charge is 0.353 e. The third-order valence-electron chi connectivity index (χ3n) is 1.13. The second-order valence-corrected chi connectivity index (χ2v) is 3.99. The Morgan fingerprint density at radius 3 is 2.58 bits per heavy atom. The quantitative estimate of drug-likeness (QED) is 0.644. The van der Waals surface area contributed by atoms with Gasteiger partial charge in [0.25, 0.3) is 0 Å². The van der Waals surface area contributed by atoms with Crippen LogP contribution in [-0.4, -0.2) is 23.5 Å². The van der Waals surface area contributed by atoms with Crippen molar-refractivity contribution in [1.29, 1.82) is 0 Å². The first-order chi connectivity index (χ1) is 5.56. The number of rotatable bonds is 4. The van der Waals surface area contributed by atoms with E-state index >= 15 is 0 Å². The van der Waals surface area contributed by atoms with Gasteiger partial charge in [0.2, 0.25) is 12.3 Å². The van der Waals surface area contributed by atoms with Crippen molar-refractivity contribution in [3.8, 4) is 0 Å². The van der Waals surface area contributed by atoms with E-state index in [0.29, 0.717) is 11.9 Å². The third-order valence-corrected chi connectivity index (χ3v) is 2.04. The molecule has 0 rings (SSSR count). The predicted molar refractivity (Wildman–Crippen MR) is 47.1 cm³/mol. The van der Waals surface area contributed by atoms with E-state index in [0.717, 1.165) is 0 Å². The Morgan fingerprint density at radius 2 is 2.17 bits per heavy atom. The van der Waals surface area contributed by atoms with Gasteiger partial charge < -0.3 is 10.4 Å². The van der Waals surface area contributed by atoms with Crippen LogP contribution in [0, 0.1) is 0 Å². The Morgan fingerprint density at radius 1 is 1.58 bits per heavy atom. The lowest BCUT2D eigenvalue weighted by molar-refractivity contribution is -0.118. The number of nitrogens with one attached hydrogen (secondary N) is 1. The van der Waals surface area contributed by atoms with Gasteiger partial charge in [-0.2, -0.15) is 0 Å². The topological polar surface area (TPSA) is 66.4 Å². The highest BCUT2D eigenvalue weighted by Gasteiger charge is 2.09. The Kier molecular flexibility index (Phi) is 5.51. The number of carbonyl (C=O) groups excluding carboxylic acids is 1. The van der Waals surface area contributed by atoms with Gasteiger partial charge in [-0.05, 0) is 13.0 Å². The molecule has 68 valence electrons. The highest BCUT2D eigenvalue weighted by atomic mass is 31.1. The number of aliphatic hydroxyl groups excluding tert-OH is 1. The average Bonchev–Trinajstić information content (AvgIpc) is 1.99. The zero-order valence-electron chi connectivity index (χ0n) is 7.20. The molecule has 0 radical (unpaired) electrons. The summed E-state index contributed by atoms with van der Waals surface area (Å²) in [5.41, 5.74) is 0.666. The fourth-order valence-electron chi connectivity index (χ4n) is 0.625. The zero-order valence-corrected chi connectivity index (χ0v) is 8.10. The normalized spacial score (nSPS) is 12.6. The van der Waals surface area contributed by atoms with E-state index in [4.69, 9.17) is 5.11 Å². The fourth-order valence-corrected chi connectivity index (χ4v) is 1.22. The first-order valence-corrected chi connectivity index (χ1v) is 5.16. The minimum absolute atomic E-state index is 0.150. The van der Waals surface area contributed by atoms with E-state index < -0.39 is 7.80 Å². The Balaban J connectivity index is 3.84. The molecular formula is C7H13NO3P+. The monoisotopic (exact) mass is 190 g/mol. The standard InChI is InChI=1S/C7H12NO3P/c1-6(8-7(2)10)3-4-12(11)5-9/h3,9H,4-5H2,1-2H3/p+1. The van der Waals surface area contributed by atoms with Crippen LogP contribution in [0.15, 0.2) is 11.8 Å². The maximum atomic E-state index is 10.7. The molecule has 0 aliphatic heterocycles. The summed E-state index contributed by atoms with van der Waals surface area (Å²) in [5, 5.41) is 11.0. The molecule has 4 nitrogen and oxygen atoms in total. The van der Waals surface area contributed by atoms with Crippen LogP contribution >= 0.6 is 7.80 Å². The lowest BCUT2D eigenvalue weighted by Gasteiger charge is -1.97. The molecule has 0 aromatic rings. The van der Waals surface area contributed by atoms with Gasteiger partial charge in [-0.1, -0.05) is 4.57 Å². The van der Waals surface area contributed by atoms with Gasteiger partial charge in [0.05, 0.1) is 0 Å². The summed E-state index contributed by atoms with van der Waals surface area (Å²) >= 11 is 0. The van der Waals surface area contributed by atoms with E-state index in [1.807, 2.05) is 0 Å². The van der Waals surface area contributed by atoms with E-state index in [1.54, 1.807) is 13.0 Å². The van der Waals surface area contributed by atoms with Crippen molar-refractivity contribution in [3.63, 3.8) is 0 Å². The summed E-state index contributed by atoms with van der Waals surface area (Å²) in [4.78, 5) is 10.5. The van der Waals surface area contributed by atoms with Crippen LogP contribution < -0.4 is 5.32 Å². The molecule has 2 N–H and O–H groups in total. The maximum Gasteiger partial charge on any atom is 0.370 e. The third kappa shape index (κ3) is 6.01. The second-order valence-electron chi connectivity index (χ2n) is 2.37. The summed E-state index contributed by atoms with van der Waals surface area (Å²) in [6.07, 6.45) is 1.63. The fraction of sp³-hybridized carbons (Fsp3) is 0.571. The predicted octanol–water partition coefficient (Wildman–Crippen LogP) is 0.804. The van der Waals surface area contributed by atoms with Gasteiger partial charge in [-0.25, -0.2) is 0 Å². The average molecular weight is 190 g/mol. The molecule has 1 amide bonds. The van der Waals surface area contributed by atoms with E-state index in [9.17, 15) is 9.36 Å². The van der Waals surface area contributed by atoms with Crippen molar-refractivity contribution in [2.75, 3.05) is 12.5 Å². The van der Waals surface area contributed by atoms with E-state index in [1.165, 1.54) is 6.92 Å². The van der Waals surface area contributed by atoms with Gasteiger partial charge in [0.15, 0.2) is 6.16 Å². The first-order valence-electron chi connectivity index (χ1n) is 3.53. The molecule has 12 heavy (non-hydrogen) atoms. The van der Waals surface area contributed by atoms with Crippen LogP contribution in [-0.2, 0) is 9.36 Å². The largest absolute Gasteiger partial charge is 0.370 e. The Bertz CT molecular complexity index is 213. The Labute approximate surface area is 72.4 Å². The molecule has 0 saturated heterocycles. The minimum Gasteiger partial charge on any atom is -0.353 e. The van der Waals surface area contributed by atoms with Crippen molar-refractivity contribution in [2.24, 2.45) is 0 Å². The molecule has 0 aromatic heterocycles. The summed E-state index contributed by atoms with van der Waals surface area (Å²) in [5.74, 6) is -0.150. The molecule has 0 bridgehead atoms. The van der Waals surface area contributed by atoms with Crippen molar-refractivity contribution >= 4 is 13.7 Å². The van der Waals surface area contributed by atoms with Gasteiger partial charge in [-0.3, -0.25) is 4.79 Å². The second kappa shape index (κ2) is 5.86. The summed E-state index contributed by atoms with van der Waals surface area (Å²) in [6.45, 7) is 3.12. The summed E-state index contributed by atoms with van der Waals surface area (Å²) in [7, 11) is -1.56. The summed E-state index contributed by atoms with van der Waals surface area (Å²) in [6, 6.07) is 0. The molecule has 0 spiro atoms. The molecule has 0 heterocycles. The number of hydrogen-bond donors (Lipinski definition) is 2. The van der Waals surface area contributed by atoms with Gasteiger partial charge in [0.1, 0.15) is 0 Å². The van der Waals surface area contributed by atoms with Gasteiger partial charge in [-0.15, -0.1) is 0 Å². The number of carbonyl (C=O) groups is 1. The summed E-state index contributed by atoms with van der Waals surface area (Å²) < 4.78 is 10.7. The molecule has 0 fully saturated rings. The molecule has 0 aromatic carbocycles. The zero-order chi connectivity index (χ0) is 9.56. The molecule has 0 saturated carbocycles. The van der Waals surface area contributed by atoms with Crippen molar-refractivity contribution in [1.82, 2.24) is 5.32 Å². The molecular weight excluding hydrogens is 177 g/mol. The van der Waals surface area contributed by atoms with Crippen LogP contribution in [0.1, 0.15) is 13.8 Å². The number of aliphatic hydroxyl groups is 1.